The number of rotatable bonds is 3. The van der Waals surface area contributed by atoms with Crippen molar-refractivity contribution in [2.24, 2.45) is 0 Å². The third-order valence-electron chi connectivity index (χ3n) is 5.24. The minimum atomic E-state index is 0.242. The lowest BCUT2D eigenvalue weighted by molar-refractivity contribution is -0.101. The van der Waals surface area contributed by atoms with Gasteiger partial charge in [0.15, 0.2) is 0 Å². The Morgan fingerprint density at radius 3 is 2.68 bits per heavy atom. The Kier molecular flexibility index (Phi) is 4.45. The van der Waals surface area contributed by atoms with Crippen molar-refractivity contribution >= 4 is 0 Å². The summed E-state index contributed by atoms with van der Waals surface area (Å²) < 4.78 is 12.4. The summed E-state index contributed by atoms with van der Waals surface area (Å²) in [6.07, 6.45) is 12.4. The molecule has 3 fully saturated rings. The summed E-state index contributed by atoms with van der Waals surface area (Å²) in [5.41, 5.74) is 0.242. The molecule has 3 rings (SSSR count). The maximum atomic E-state index is 6.36. The molecule has 3 heteroatoms. The summed E-state index contributed by atoms with van der Waals surface area (Å²) in [6.45, 7) is 4.07. The van der Waals surface area contributed by atoms with Gasteiger partial charge in [0, 0.05) is 12.6 Å². The van der Waals surface area contributed by atoms with Gasteiger partial charge in [0.25, 0.3) is 0 Å². The molecule has 1 aliphatic carbocycles. The van der Waals surface area contributed by atoms with Crippen LogP contribution >= 0.6 is 0 Å². The van der Waals surface area contributed by atoms with Gasteiger partial charge in [-0.2, -0.15) is 0 Å². The molecule has 2 saturated heterocycles. The molecule has 2 aliphatic heterocycles. The number of hydrogen-bond acceptors (Lipinski definition) is 3. The zero-order chi connectivity index (χ0) is 13.1. The lowest BCUT2D eigenvalue weighted by Gasteiger charge is -2.34. The van der Waals surface area contributed by atoms with E-state index in [1.54, 1.807) is 0 Å². The quantitative estimate of drug-likeness (QED) is 0.852. The summed E-state index contributed by atoms with van der Waals surface area (Å²) in [6, 6.07) is 0.660. The van der Waals surface area contributed by atoms with Crippen LogP contribution in [0.15, 0.2) is 0 Å². The molecular formula is C16H29NO2. The molecular weight excluding hydrogens is 238 g/mol. The lowest BCUT2D eigenvalue weighted by Crippen LogP contribution is -2.42. The molecule has 110 valence electrons. The predicted molar refractivity (Wildman–Crippen MR) is 76.4 cm³/mol. The van der Waals surface area contributed by atoms with E-state index in [1.165, 1.54) is 57.8 Å². The fourth-order valence-electron chi connectivity index (χ4n) is 3.94. The van der Waals surface area contributed by atoms with Crippen LogP contribution in [0.25, 0.3) is 0 Å². The molecule has 1 N–H and O–H groups in total. The summed E-state index contributed by atoms with van der Waals surface area (Å²) in [5, 5.41) is 3.50. The number of piperidine rings is 1. The van der Waals surface area contributed by atoms with Crippen LogP contribution in [0.1, 0.15) is 64.7 Å². The van der Waals surface area contributed by atoms with E-state index in [2.05, 4.69) is 12.2 Å². The van der Waals surface area contributed by atoms with E-state index in [-0.39, 0.29) is 5.60 Å². The van der Waals surface area contributed by atoms with Gasteiger partial charge >= 0.3 is 0 Å². The van der Waals surface area contributed by atoms with Gasteiger partial charge in [0.05, 0.1) is 24.4 Å². The van der Waals surface area contributed by atoms with Gasteiger partial charge in [-0.3, -0.25) is 0 Å². The van der Waals surface area contributed by atoms with E-state index in [1.807, 2.05) is 0 Å². The predicted octanol–water partition coefficient (Wildman–Crippen LogP) is 3.03. The molecule has 0 aromatic carbocycles. The molecule has 0 aromatic rings. The van der Waals surface area contributed by atoms with Crippen molar-refractivity contribution in [1.82, 2.24) is 5.32 Å². The Balaban J connectivity index is 1.39. The molecule has 0 radical (unpaired) electrons. The van der Waals surface area contributed by atoms with Crippen LogP contribution in [0.5, 0.6) is 0 Å². The highest BCUT2D eigenvalue weighted by atomic mass is 16.6. The van der Waals surface area contributed by atoms with Crippen LogP contribution in [0.4, 0.5) is 0 Å². The van der Waals surface area contributed by atoms with E-state index in [4.69, 9.17) is 9.47 Å². The van der Waals surface area contributed by atoms with E-state index < -0.39 is 0 Å². The van der Waals surface area contributed by atoms with Gasteiger partial charge in [-0.1, -0.05) is 19.3 Å². The first kappa shape index (κ1) is 13.8. The molecule has 2 heterocycles. The first-order valence-corrected chi connectivity index (χ1v) is 8.29. The van der Waals surface area contributed by atoms with Crippen molar-refractivity contribution in [2.45, 2.75) is 88.6 Å². The smallest absolute Gasteiger partial charge is 0.0817 e. The number of hydrogen-bond donors (Lipinski definition) is 1. The number of ether oxygens (including phenoxy) is 2. The zero-order valence-electron chi connectivity index (χ0n) is 12.3. The van der Waals surface area contributed by atoms with Crippen molar-refractivity contribution < 1.29 is 9.47 Å². The minimum absolute atomic E-state index is 0.242. The maximum absolute atomic E-state index is 6.36. The molecule has 3 nitrogen and oxygen atoms in total. The maximum Gasteiger partial charge on any atom is 0.0817 e. The van der Waals surface area contributed by atoms with E-state index in [9.17, 15) is 0 Å². The first-order chi connectivity index (χ1) is 9.26. The molecule has 3 atom stereocenters. The van der Waals surface area contributed by atoms with Gasteiger partial charge in [-0.25, -0.2) is 0 Å². The largest absolute Gasteiger partial charge is 0.374 e. The highest BCUT2D eigenvalue weighted by Crippen LogP contribution is 2.41. The van der Waals surface area contributed by atoms with Crippen LogP contribution in [0, 0.1) is 0 Å². The molecule has 0 bridgehead atoms. The van der Waals surface area contributed by atoms with Crippen molar-refractivity contribution in [3.8, 4) is 0 Å². The fraction of sp³-hybridized carbons (Fsp3) is 1.00. The Morgan fingerprint density at radius 1 is 1.11 bits per heavy atom. The molecule has 19 heavy (non-hydrogen) atoms. The fourth-order valence-corrected chi connectivity index (χ4v) is 3.94. The summed E-state index contributed by atoms with van der Waals surface area (Å²) in [7, 11) is 0. The normalized spacial score (nSPS) is 38.7. The molecule has 3 aliphatic rings. The minimum Gasteiger partial charge on any atom is -0.374 e. The van der Waals surface area contributed by atoms with Crippen LogP contribution < -0.4 is 5.32 Å². The summed E-state index contributed by atoms with van der Waals surface area (Å²) in [5.74, 6) is 0. The highest BCUT2D eigenvalue weighted by Gasteiger charge is 2.40. The Morgan fingerprint density at radius 2 is 1.95 bits per heavy atom. The van der Waals surface area contributed by atoms with Gasteiger partial charge < -0.3 is 14.8 Å². The first-order valence-electron chi connectivity index (χ1n) is 8.29. The van der Waals surface area contributed by atoms with Gasteiger partial charge in [-0.05, 0) is 45.4 Å². The third-order valence-corrected chi connectivity index (χ3v) is 5.24. The van der Waals surface area contributed by atoms with E-state index >= 15 is 0 Å². The zero-order valence-corrected chi connectivity index (χ0v) is 12.3. The second-order valence-electron chi connectivity index (χ2n) is 6.86. The Bertz CT molecular complexity index is 280. The van der Waals surface area contributed by atoms with E-state index in [0.29, 0.717) is 18.2 Å². The summed E-state index contributed by atoms with van der Waals surface area (Å²) >= 11 is 0. The monoisotopic (exact) mass is 267 g/mol. The van der Waals surface area contributed by atoms with Crippen molar-refractivity contribution in [2.75, 3.05) is 13.2 Å². The van der Waals surface area contributed by atoms with E-state index in [0.717, 1.165) is 13.2 Å². The molecule has 3 unspecified atom stereocenters. The number of nitrogens with one attached hydrogen (secondary N) is 1. The van der Waals surface area contributed by atoms with Gasteiger partial charge in [0.1, 0.15) is 0 Å². The second-order valence-corrected chi connectivity index (χ2v) is 6.86. The van der Waals surface area contributed by atoms with Crippen molar-refractivity contribution in [3.05, 3.63) is 0 Å². The highest BCUT2D eigenvalue weighted by molar-refractivity contribution is 4.91. The van der Waals surface area contributed by atoms with Gasteiger partial charge in [0.2, 0.25) is 0 Å². The standard InChI is InChI=1S/C16H29NO2/c1-13-5-6-14(11-17-13)18-12-15-7-10-16(19-15)8-3-2-4-9-16/h13-15,17H,2-12H2,1H3. The lowest BCUT2D eigenvalue weighted by atomic mass is 9.83. The average molecular weight is 267 g/mol. The third kappa shape index (κ3) is 3.50. The van der Waals surface area contributed by atoms with Gasteiger partial charge in [-0.15, -0.1) is 0 Å². The molecule has 0 aromatic heterocycles. The molecule has 0 amide bonds. The molecule has 1 spiro atoms. The molecule has 1 saturated carbocycles. The second kappa shape index (κ2) is 6.11. The SMILES string of the molecule is CC1CCC(OCC2CCC3(CCCCC3)O2)CN1. The summed E-state index contributed by atoms with van der Waals surface area (Å²) in [4.78, 5) is 0. The van der Waals surface area contributed by atoms with Crippen molar-refractivity contribution in [1.29, 1.82) is 0 Å². The van der Waals surface area contributed by atoms with Crippen LogP contribution in [0.2, 0.25) is 0 Å². The average Bonchev–Trinajstić information content (AvgIpc) is 2.82. The Hall–Kier alpha value is -0.120. The van der Waals surface area contributed by atoms with Crippen molar-refractivity contribution in [3.63, 3.8) is 0 Å². The van der Waals surface area contributed by atoms with Crippen LogP contribution in [-0.2, 0) is 9.47 Å². The van der Waals surface area contributed by atoms with Crippen LogP contribution in [-0.4, -0.2) is 37.0 Å². The topological polar surface area (TPSA) is 30.5 Å². The van der Waals surface area contributed by atoms with Crippen LogP contribution in [0.3, 0.4) is 0 Å². The Labute approximate surface area is 117 Å².